The van der Waals surface area contributed by atoms with Gasteiger partial charge in [0.05, 0.1) is 0 Å². The predicted molar refractivity (Wildman–Crippen MR) is 68.9 cm³/mol. The number of anilines is 2. The van der Waals surface area contributed by atoms with Gasteiger partial charge in [-0.2, -0.15) is 0 Å². The Morgan fingerprint density at radius 1 is 1.50 bits per heavy atom. The number of nitrogens with two attached hydrogens (primary N) is 1. The van der Waals surface area contributed by atoms with E-state index in [1.54, 1.807) is 13.2 Å². The minimum absolute atomic E-state index is 0.00384. The van der Waals surface area contributed by atoms with Crippen molar-refractivity contribution in [2.75, 3.05) is 31.2 Å². The maximum Gasteiger partial charge on any atom is 0.221 e. The molecular formula is C11H19N5O2. The molecule has 0 saturated carbocycles. The van der Waals surface area contributed by atoms with Crippen LogP contribution < -0.4 is 16.4 Å². The standard InChI is InChI=1S/C11H19N5O2/c1-3-13-11(17)4-5-14-9-6-8(12)15-10(16-9)7-18-2/h6H,3-5,7H2,1-2H3,(H,13,17)(H3,12,14,15,16). The lowest BCUT2D eigenvalue weighted by Crippen LogP contribution is -2.25. The van der Waals surface area contributed by atoms with E-state index in [0.717, 1.165) is 0 Å². The second-order valence-electron chi connectivity index (χ2n) is 3.66. The molecule has 0 bridgehead atoms. The highest BCUT2D eigenvalue weighted by Gasteiger charge is 2.03. The fourth-order valence-corrected chi connectivity index (χ4v) is 1.39. The number of carbonyl (C=O) groups excluding carboxylic acids is 1. The van der Waals surface area contributed by atoms with E-state index < -0.39 is 0 Å². The van der Waals surface area contributed by atoms with Gasteiger partial charge in [-0.3, -0.25) is 4.79 Å². The molecule has 0 spiro atoms. The number of nitrogens with one attached hydrogen (secondary N) is 2. The summed E-state index contributed by atoms with van der Waals surface area (Å²) in [6.07, 6.45) is 0.386. The number of nitrogen functional groups attached to an aromatic ring is 1. The Morgan fingerprint density at radius 2 is 2.28 bits per heavy atom. The largest absolute Gasteiger partial charge is 0.384 e. The van der Waals surface area contributed by atoms with Crippen molar-refractivity contribution in [3.63, 3.8) is 0 Å². The summed E-state index contributed by atoms with van der Waals surface area (Å²) in [6.45, 7) is 3.31. The molecule has 0 aliphatic carbocycles. The molecule has 7 nitrogen and oxygen atoms in total. The molecule has 1 heterocycles. The van der Waals surface area contributed by atoms with Crippen molar-refractivity contribution in [3.05, 3.63) is 11.9 Å². The minimum Gasteiger partial charge on any atom is -0.384 e. The zero-order valence-corrected chi connectivity index (χ0v) is 10.7. The normalized spacial score (nSPS) is 10.1. The zero-order chi connectivity index (χ0) is 13.4. The van der Waals surface area contributed by atoms with Gasteiger partial charge in [-0.1, -0.05) is 0 Å². The van der Waals surface area contributed by atoms with Crippen LogP contribution in [0.1, 0.15) is 19.2 Å². The van der Waals surface area contributed by atoms with Gasteiger partial charge in [0.25, 0.3) is 0 Å². The van der Waals surface area contributed by atoms with Crippen LogP contribution in [0.15, 0.2) is 6.07 Å². The summed E-state index contributed by atoms with van der Waals surface area (Å²) in [7, 11) is 1.56. The Labute approximate surface area is 106 Å². The van der Waals surface area contributed by atoms with E-state index in [4.69, 9.17) is 10.5 Å². The number of ether oxygens (including phenoxy) is 1. The van der Waals surface area contributed by atoms with Crippen LogP contribution in [0, 0.1) is 0 Å². The van der Waals surface area contributed by atoms with Crippen molar-refractivity contribution in [1.29, 1.82) is 0 Å². The van der Waals surface area contributed by atoms with Crippen LogP contribution in [0.3, 0.4) is 0 Å². The average Bonchev–Trinajstić information content (AvgIpc) is 2.29. The highest BCUT2D eigenvalue weighted by molar-refractivity contribution is 5.76. The van der Waals surface area contributed by atoms with Crippen molar-refractivity contribution < 1.29 is 9.53 Å². The van der Waals surface area contributed by atoms with Crippen LogP contribution in [0.25, 0.3) is 0 Å². The Bertz CT molecular complexity index is 397. The Morgan fingerprint density at radius 3 is 2.94 bits per heavy atom. The fraction of sp³-hybridized carbons (Fsp3) is 0.545. The van der Waals surface area contributed by atoms with Gasteiger partial charge >= 0.3 is 0 Å². The van der Waals surface area contributed by atoms with E-state index >= 15 is 0 Å². The number of nitrogens with zero attached hydrogens (tertiary/aromatic N) is 2. The van der Waals surface area contributed by atoms with Crippen LogP contribution >= 0.6 is 0 Å². The minimum atomic E-state index is 0.00384. The summed E-state index contributed by atoms with van der Waals surface area (Å²) < 4.78 is 4.94. The lowest BCUT2D eigenvalue weighted by atomic mass is 10.4. The van der Waals surface area contributed by atoms with Gasteiger partial charge in [-0.05, 0) is 6.92 Å². The van der Waals surface area contributed by atoms with Gasteiger partial charge in [-0.25, -0.2) is 9.97 Å². The maximum absolute atomic E-state index is 11.2. The monoisotopic (exact) mass is 253 g/mol. The van der Waals surface area contributed by atoms with Gasteiger partial charge in [0.1, 0.15) is 18.2 Å². The number of hydrogen-bond donors (Lipinski definition) is 3. The lowest BCUT2D eigenvalue weighted by Gasteiger charge is -2.08. The SMILES string of the molecule is CCNC(=O)CCNc1cc(N)nc(COC)n1. The van der Waals surface area contributed by atoms with Crippen LogP contribution in [-0.2, 0) is 16.1 Å². The number of aromatic nitrogens is 2. The number of carbonyl (C=O) groups is 1. The molecule has 1 aromatic rings. The van der Waals surface area contributed by atoms with Crippen molar-refractivity contribution in [2.45, 2.75) is 20.0 Å². The number of amides is 1. The Hall–Kier alpha value is -1.89. The predicted octanol–water partition coefficient (Wildman–Crippen LogP) is 0.143. The molecule has 0 fully saturated rings. The number of rotatable bonds is 7. The molecule has 0 aromatic carbocycles. The van der Waals surface area contributed by atoms with E-state index in [1.165, 1.54) is 0 Å². The van der Waals surface area contributed by atoms with Crippen molar-refractivity contribution in [1.82, 2.24) is 15.3 Å². The van der Waals surface area contributed by atoms with Gasteiger partial charge in [0.15, 0.2) is 5.82 Å². The van der Waals surface area contributed by atoms with E-state index in [1.807, 2.05) is 6.92 Å². The summed E-state index contributed by atoms with van der Waals surface area (Å²) in [6, 6.07) is 1.62. The van der Waals surface area contributed by atoms with E-state index in [2.05, 4.69) is 20.6 Å². The summed E-state index contributed by atoms with van der Waals surface area (Å²) in [5, 5.41) is 5.74. The zero-order valence-electron chi connectivity index (χ0n) is 10.7. The van der Waals surface area contributed by atoms with Gasteiger partial charge in [-0.15, -0.1) is 0 Å². The molecule has 1 amide bonds. The molecule has 0 unspecified atom stereocenters. The number of hydrogen-bond acceptors (Lipinski definition) is 6. The van der Waals surface area contributed by atoms with Crippen LogP contribution in [0.5, 0.6) is 0 Å². The fourth-order valence-electron chi connectivity index (χ4n) is 1.39. The first kappa shape index (κ1) is 14.2. The second kappa shape index (κ2) is 7.44. The van der Waals surface area contributed by atoms with Gasteiger partial charge in [0.2, 0.25) is 5.91 Å². The van der Waals surface area contributed by atoms with Crippen LogP contribution in [0.2, 0.25) is 0 Å². The molecule has 1 rings (SSSR count). The smallest absolute Gasteiger partial charge is 0.221 e. The molecule has 0 atom stereocenters. The van der Waals surface area contributed by atoms with Crippen LogP contribution in [-0.4, -0.2) is 36.1 Å². The summed E-state index contributed by atoms with van der Waals surface area (Å²) in [5.41, 5.74) is 5.64. The summed E-state index contributed by atoms with van der Waals surface area (Å²) in [5.74, 6) is 1.48. The molecule has 100 valence electrons. The van der Waals surface area contributed by atoms with Crippen molar-refractivity contribution in [3.8, 4) is 0 Å². The first-order valence-electron chi connectivity index (χ1n) is 5.78. The molecule has 0 saturated heterocycles. The summed E-state index contributed by atoms with van der Waals surface area (Å²) in [4.78, 5) is 19.5. The second-order valence-corrected chi connectivity index (χ2v) is 3.66. The van der Waals surface area contributed by atoms with Gasteiger partial charge in [0, 0.05) is 32.7 Å². The topological polar surface area (TPSA) is 102 Å². The quantitative estimate of drug-likeness (QED) is 0.639. The first-order chi connectivity index (χ1) is 8.65. The van der Waals surface area contributed by atoms with E-state index in [-0.39, 0.29) is 5.91 Å². The Balaban J connectivity index is 2.48. The Kier molecular flexibility index (Phi) is 5.86. The maximum atomic E-state index is 11.2. The third-order valence-electron chi connectivity index (χ3n) is 2.10. The summed E-state index contributed by atoms with van der Waals surface area (Å²) >= 11 is 0. The van der Waals surface area contributed by atoms with Gasteiger partial charge < -0.3 is 21.1 Å². The van der Waals surface area contributed by atoms with Crippen LogP contribution in [0.4, 0.5) is 11.6 Å². The molecule has 0 radical (unpaired) electrons. The number of methoxy groups -OCH3 is 1. The van der Waals surface area contributed by atoms with Crippen molar-refractivity contribution in [2.24, 2.45) is 0 Å². The molecule has 1 aromatic heterocycles. The first-order valence-corrected chi connectivity index (χ1v) is 5.78. The molecule has 4 N–H and O–H groups in total. The molecular weight excluding hydrogens is 234 g/mol. The molecule has 0 aliphatic rings. The molecule has 7 heteroatoms. The molecule has 18 heavy (non-hydrogen) atoms. The highest BCUT2D eigenvalue weighted by Crippen LogP contribution is 2.08. The lowest BCUT2D eigenvalue weighted by molar-refractivity contribution is -0.120. The third-order valence-corrected chi connectivity index (χ3v) is 2.10. The van der Waals surface area contributed by atoms with Crippen molar-refractivity contribution >= 4 is 17.5 Å². The van der Waals surface area contributed by atoms with E-state index in [9.17, 15) is 4.79 Å². The average molecular weight is 253 g/mol. The third kappa shape index (κ3) is 4.96. The molecule has 0 aliphatic heterocycles. The highest BCUT2D eigenvalue weighted by atomic mass is 16.5. The van der Waals surface area contributed by atoms with E-state index in [0.29, 0.717) is 43.6 Å².